The average Bonchev–Trinajstić information content (AvgIpc) is 2.04. The Morgan fingerprint density at radius 3 is 2.23 bits per heavy atom. The summed E-state index contributed by atoms with van der Waals surface area (Å²) in [5, 5.41) is 0. The third-order valence-electron chi connectivity index (χ3n) is 2.64. The fraction of sp³-hybridized carbons (Fsp3) is 0.900. The van der Waals surface area contributed by atoms with Crippen molar-refractivity contribution in [1.29, 1.82) is 0 Å². The highest BCUT2D eigenvalue weighted by atomic mass is 16.5. The van der Waals surface area contributed by atoms with E-state index in [0.29, 0.717) is 6.47 Å². The Labute approximate surface area is 80.1 Å². The molecule has 0 aliphatic carbocycles. The highest BCUT2D eigenvalue weighted by Gasteiger charge is 2.27. The molecular weight excluding hydrogens is 166 g/mol. The van der Waals surface area contributed by atoms with Crippen molar-refractivity contribution >= 4 is 6.47 Å². The van der Waals surface area contributed by atoms with E-state index in [0.717, 1.165) is 25.9 Å². The summed E-state index contributed by atoms with van der Waals surface area (Å²) in [6, 6.07) is 0. The Balaban J connectivity index is 2.34. The van der Waals surface area contributed by atoms with Crippen molar-refractivity contribution < 1.29 is 9.53 Å². The lowest BCUT2D eigenvalue weighted by molar-refractivity contribution is -0.136. The highest BCUT2D eigenvalue weighted by Crippen LogP contribution is 2.21. The van der Waals surface area contributed by atoms with Crippen LogP contribution in [0.5, 0.6) is 0 Å². The Morgan fingerprint density at radius 1 is 1.31 bits per heavy atom. The standard InChI is InChI=1S/C10H19NO2/c1-10(2,3)11-6-4-9(5-7-11)13-8-12/h8-9H,4-7H2,1-3H3. The molecule has 3 heteroatoms. The molecule has 1 heterocycles. The number of ether oxygens (including phenoxy) is 1. The minimum absolute atomic E-state index is 0.149. The van der Waals surface area contributed by atoms with Crippen LogP contribution in [0.3, 0.4) is 0 Å². The summed E-state index contributed by atoms with van der Waals surface area (Å²) in [4.78, 5) is 12.5. The van der Waals surface area contributed by atoms with Gasteiger partial charge >= 0.3 is 0 Å². The molecule has 1 aliphatic heterocycles. The van der Waals surface area contributed by atoms with E-state index >= 15 is 0 Å². The Morgan fingerprint density at radius 2 is 1.85 bits per heavy atom. The van der Waals surface area contributed by atoms with Crippen molar-refractivity contribution in [3.8, 4) is 0 Å². The quantitative estimate of drug-likeness (QED) is 0.609. The minimum Gasteiger partial charge on any atom is -0.464 e. The van der Waals surface area contributed by atoms with Gasteiger partial charge in [-0.1, -0.05) is 0 Å². The molecule has 0 aromatic carbocycles. The number of carbonyl (C=O) groups is 1. The molecule has 1 aliphatic rings. The fourth-order valence-electron chi connectivity index (χ4n) is 1.74. The molecule has 3 nitrogen and oxygen atoms in total. The molecule has 1 fully saturated rings. The van der Waals surface area contributed by atoms with Crippen LogP contribution in [0, 0.1) is 0 Å². The average molecular weight is 185 g/mol. The lowest BCUT2D eigenvalue weighted by Gasteiger charge is -2.40. The first-order valence-electron chi connectivity index (χ1n) is 4.88. The number of likely N-dealkylation sites (tertiary alicyclic amines) is 1. The first kappa shape index (κ1) is 10.5. The Kier molecular flexibility index (Phi) is 3.31. The summed E-state index contributed by atoms with van der Waals surface area (Å²) in [5.74, 6) is 0. The maximum Gasteiger partial charge on any atom is 0.293 e. The molecule has 0 aromatic heterocycles. The van der Waals surface area contributed by atoms with Crippen molar-refractivity contribution in [3.05, 3.63) is 0 Å². The van der Waals surface area contributed by atoms with E-state index in [1.807, 2.05) is 0 Å². The molecule has 0 saturated carbocycles. The zero-order valence-electron chi connectivity index (χ0n) is 8.75. The van der Waals surface area contributed by atoms with Crippen molar-refractivity contribution in [2.45, 2.75) is 45.3 Å². The van der Waals surface area contributed by atoms with Crippen LogP contribution in [-0.2, 0) is 9.53 Å². The first-order chi connectivity index (χ1) is 6.04. The minimum atomic E-state index is 0.149. The number of rotatable bonds is 2. The predicted octanol–water partition coefficient (Wildman–Crippen LogP) is 1.42. The molecule has 1 saturated heterocycles. The van der Waals surface area contributed by atoms with Gasteiger partial charge < -0.3 is 4.74 Å². The molecule has 76 valence electrons. The monoisotopic (exact) mass is 185 g/mol. The van der Waals surface area contributed by atoms with Crippen molar-refractivity contribution in [1.82, 2.24) is 4.90 Å². The van der Waals surface area contributed by atoms with E-state index < -0.39 is 0 Å². The van der Waals surface area contributed by atoms with Crippen molar-refractivity contribution in [2.75, 3.05) is 13.1 Å². The van der Waals surface area contributed by atoms with Crippen LogP contribution in [0.15, 0.2) is 0 Å². The molecule has 1 rings (SSSR count). The third kappa shape index (κ3) is 2.99. The Bertz CT molecular complexity index is 166. The summed E-state index contributed by atoms with van der Waals surface area (Å²) < 4.78 is 4.94. The van der Waals surface area contributed by atoms with Crippen LogP contribution in [0.25, 0.3) is 0 Å². The van der Waals surface area contributed by atoms with E-state index in [9.17, 15) is 4.79 Å². The molecule has 0 amide bonds. The molecule has 0 N–H and O–H groups in total. The van der Waals surface area contributed by atoms with Gasteiger partial charge in [0.1, 0.15) is 6.10 Å². The van der Waals surface area contributed by atoms with Gasteiger partial charge in [0.05, 0.1) is 0 Å². The van der Waals surface area contributed by atoms with Gasteiger partial charge in [-0.05, 0) is 33.6 Å². The maximum atomic E-state index is 10.1. The van der Waals surface area contributed by atoms with Gasteiger partial charge in [0, 0.05) is 18.6 Å². The Hall–Kier alpha value is -0.570. The van der Waals surface area contributed by atoms with E-state index in [1.165, 1.54) is 0 Å². The van der Waals surface area contributed by atoms with Crippen LogP contribution in [0.1, 0.15) is 33.6 Å². The number of piperidine rings is 1. The summed E-state index contributed by atoms with van der Waals surface area (Å²) >= 11 is 0. The van der Waals surface area contributed by atoms with Crippen molar-refractivity contribution in [2.24, 2.45) is 0 Å². The molecule has 13 heavy (non-hydrogen) atoms. The smallest absolute Gasteiger partial charge is 0.293 e. The summed E-state index contributed by atoms with van der Waals surface area (Å²) in [6.07, 6.45) is 2.09. The predicted molar refractivity (Wildman–Crippen MR) is 51.5 cm³/mol. The third-order valence-corrected chi connectivity index (χ3v) is 2.64. The lowest BCUT2D eigenvalue weighted by Crippen LogP contribution is -2.47. The van der Waals surface area contributed by atoms with E-state index in [2.05, 4.69) is 25.7 Å². The van der Waals surface area contributed by atoms with E-state index in [-0.39, 0.29) is 11.6 Å². The number of nitrogens with zero attached hydrogens (tertiary/aromatic N) is 1. The highest BCUT2D eigenvalue weighted by molar-refractivity contribution is 5.37. The van der Waals surface area contributed by atoms with E-state index in [1.54, 1.807) is 0 Å². The number of hydrogen-bond donors (Lipinski definition) is 0. The zero-order chi connectivity index (χ0) is 9.90. The summed E-state index contributed by atoms with van der Waals surface area (Å²) in [5.41, 5.74) is 0.242. The van der Waals surface area contributed by atoms with Gasteiger partial charge in [0.25, 0.3) is 6.47 Å². The van der Waals surface area contributed by atoms with Gasteiger partial charge in [-0.2, -0.15) is 0 Å². The lowest BCUT2D eigenvalue weighted by atomic mass is 9.99. The second-order valence-corrected chi connectivity index (χ2v) is 4.59. The molecule has 0 atom stereocenters. The maximum absolute atomic E-state index is 10.1. The summed E-state index contributed by atoms with van der Waals surface area (Å²) in [6.45, 7) is 9.27. The van der Waals surface area contributed by atoms with Crippen LogP contribution >= 0.6 is 0 Å². The SMILES string of the molecule is CC(C)(C)N1CCC(OC=O)CC1. The number of carbonyl (C=O) groups excluding carboxylic acids is 1. The second-order valence-electron chi connectivity index (χ2n) is 4.59. The van der Waals surface area contributed by atoms with Crippen LogP contribution < -0.4 is 0 Å². The number of hydrogen-bond acceptors (Lipinski definition) is 3. The largest absolute Gasteiger partial charge is 0.464 e. The van der Waals surface area contributed by atoms with Crippen LogP contribution in [0.4, 0.5) is 0 Å². The second kappa shape index (κ2) is 4.09. The molecule has 0 spiro atoms. The fourth-order valence-corrected chi connectivity index (χ4v) is 1.74. The molecule has 0 aromatic rings. The van der Waals surface area contributed by atoms with Crippen LogP contribution in [-0.4, -0.2) is 36.1 Å². The van der Waals surface area contributed by atoms with E-state index in [4.69, 9.17) is 4.74 Å². The van der Waals surface area contributed by atoms with Gasteiger partial charge in [-0.15, -0.1) is 0 Å². The normalized spacial score (nSPS) is 21.5. The zero-order valence-corrected chi connectivity index (χ0v) is 8.75. The van der Waals surface area contributed by atoms with Gasteiger partial charge in [-0.25, -0.2) is 0 Å². The molecule has 0 radical (unpaired) electrons. The molecule has 0 bridgehead atoms. The van der Waals surface area contributed by atoms with Crippen molar-refractivity contribution in [3.63, 3.8) is 0 Å². The van der Waals surface area contributed by atoms with Gasteiger partial charge in [-0.3, -0.25) is 9.69 Å². The molecular formula is C10H19NO2. The van der Waals surface area contributed by atoms with Gasteiger partial charge in [0.2, 0.25) is 0 Å². The van der Waals surface area contributed by atoms with Gasteiger partial charge in [0.15, 0.2) is 0 Å². The summed E-state index contributed by atoms with van der Waals surface area (Å²) in [7, 11) is 0. The topological polar surface area (TPSA) is 29.5 Å². The molecule has 0 unspecified atom stereocenters. The first-order valence-corrected chi connectivity index (χ1v) is 4.88. The van der Waals surface area contributed by atoms with Crippen LogP contribution in [0.2, 0.25) is 0 Å².